The number of aryl methyl sites for hydroxylation is 2. The molecule has 1 aliphatic rings. The maximum Gasteiger partial charge on any atom is 0.223 e. The van der Waals surface area contributed by atoms with E-state index in [1.54, 1.807) is 6.20 Å². The lowest BCUT2D eigenvalue weighted by Crippen LogP contribution is -2.31. The Balaban J connectivity index is 1.51. The first-order valence-corrected chi connectivity index (χ1v) is 8.29. The van der Waals surface area contributed by atoms with Crippen molar-refractivity contribution in [3.05, 3.63) is 54.1 Å². The van der Waals surface area contributed by atoms with E-state index < -0.39 is 0 Å². The van der Waals surface area contributed by atoms with Gasteiger partial charge in [-0.15, -0.1) is 0 Å². The monoisotopic (exact) mass is 312 g/mol. The molecule has 1 saturated carbocycles. The summed E-state index contributed by atoms with van der Waals surface area (Å²) in [5, 5.41) is 3.01. The van der Waals surface area contributed by atoms with Crippen molar-refractivity contribution in [2.45, 2.75) is 44.8 Å². The van der Waals surface area contributed by atoms with Crippen LogP contribution in [-0.4, -0.2) is 21.5 Å². The summed E-state index contributed by atoms with van der Waals surface area (Å²) < 4.78 is 2.10. The van der Waals surface area contributed by atoms with Gasteiger partial charge in [-0.05, 0) is 31.2 Å². The summed E-state index contributed by atoms with van der Waals surface area (Å²) in [6.45, 7) is 1.34. The summed E-state index contributed by atoms with van der Waals surface area (Å²) >= 11 is 0. The number of benzene rings is 1. The second-order valence-electron chi connectivity index (χ2n) is 6.26. The number of carbonyl (C=O) groups is 1. The van der Waals surface area contributed by atoms with Gasteiger partial charge >= 0.3 is 0 Å². The maximum absolute atomic E-state index is 12.2. The Labute approximate surface area is 136 Å². The highest BCUT2D eigenvalue weighted by molar-refractivity contribution is 5.78. The van der Waals surface area contributed by atoms with Crippen molar-refractivity contribution >= 4 is 5.91 Å². The van der Waals surface area contributed by atoms with Crippen LogP contribution >= 0.6 is 0 Å². The van der Waals surface area contributed by atoms with E-state index >= 15 is 0 Å². The first kappa shape index (κ1) is 15.7. The Morgan fingerprint density at radius 3 is 2.87 bits per heavy atom. The first-order chi connectivity index (χ1) is 11.2. The van der Waals surface area contributed by atoms with Crippen LogP contribution in [0.15, 0.2) is 42.7 Å². The summed E-state index contributed by atoms with van der Waals surface area (Å²) in [6, 6.07) is 10.6. The van der Waals surface area contributed by atoms with Crippen molar-refractivity contribution in [2.75, 3.05) is 0 Å². The first-order valence-electron chi connectivity index (χ1n) is 8.29. The normalized spacial score (nSPS) is 20.6. The smallest absolute Gasteiger partial charge is 0.223 e. The standard InChI is InChI=1S/C18H24N4O/c19-16-7-6-15(12-16)18(23)21-13-17-20-9-11-22(17)10-8-14-4-2-1-3-5-14/h1-5,9,11,15-16H,6-8,10,12-13,19H2,(H,21,23). The van der Waals surface area contributed by atoms with Crippen LogP contribution in [0.25, 0.3) is 0 Å². The van der Waals surface area contributed by atoms with Crippen molar-refractivity contribution < 1.29 is 4.79 Å². The minimum Gasteiger partial charge on any atom is -0.349 e. The van der Waals surface area contributed by atoms with E-state index in [-0.39, 0.29) is 17.9 Å². The largest absolute Gasteiger partial charge is 0.349 e. The van der Waals surface area contributed by atoms with Crippen LogP contribution in [0.2, 0.25) is 0 Å². The molecule has 1 fully saturated rings. The summed E-state index contributed by atoms with van der Waals surface area (Å²) in [5.74, 6) is 1.07. The molecule has 23 heavy (non-hydrogen) atoms. The number of nitrogens with one attached hydrogen (secondary N) is 1. The number of imidazole rings is 1. The van der Waals surface area contributed by atoms with Crippen LogP contribution in [0.5, 0.6) is 0 Å². The molecule has 2 unspecified atom stereocenters. The predicted molar refractivity (Wildman–Crippen MR) is 89.5 cm³/mol. The number of hydrogen-bond acceptors (Lipinski definition) is 3. The van der Waals surface area contributed by atoms with E-state index in [0.717, 1.165) is 38.1 Å². The van der Waals surface area contributed by atoms with Gasteiger partial charge in [0.25, 0.3) is 0 Å². The van der Waals surface area contributed by atoms with Gasteiger partial charge in [-0.2, -0.15) is 0 Å². The number of carbonyl (C=O) groups excluding carboxylic acids is 1. The van der Waals surface area contributed by atoms with Gasteiger partial charge in [-0.25, -0.2) is 4.98 Å². The van der Waals surface area contributed by atoms with Crippen LogP contribution in [0.1, 0.15) is 30.7 Å². The van der Waals surface area contributed by atoms with Gasteiger partial charge in [0.2, 0.25) is 5.91 Å². The van der Waals surface area contributed by atoms with Crippen LogP contribution in [0.3, 0.4) is 0 Å². The lowest BCUT2D eigenvalue weighted by molar-refractivity contribution is -0.125. The highest BCUT2D eigenvalue weighted by atomic mass is 16.1. The molecule has 0 saturated heterocycles. The molecule has 2 atom stereocenters. The number of nitrogens with two attached hydrogens (primary N) is 1. The van der Waals surface area contributed by atoms with Gasteiger partial charge in [0.1, 0.15) is 5.82 Å². The number of amides is 1. The molecule has 122 valence electrons. The molecule has 1 amide bonds. The zero-order valence-electron chi connectivity index (χ0n) is 13.3. The highest BCUT2D eigenvalue weighted by Crippen LogP contribution is 2.24. The Morgan fingerprint density at radius 2 is 2.13 bits per heavy atom. The molecule has 0 bridgehead atoms. The molecule has 2 aromatic rings. The van der Waals surface area contributed by atoms with Crippen molar-refractivity contribution in [3.63, 3.8) is 0 Å². The van der Waals surface area contributed by atoms with Gasteiger partial charge in [0.05, 0.1) is 6.54 Å². The third-order valence-corrected chi connectivity index (χ3v) is 4.55. The van der Waals surface area contributed by atoms with Crippen LogP contribution in [0, 0.1) is 5.92 Å². The molecule has 3 N–H and O–H groups in total. The lowest BCUT2D eigenvalue weighted by Gasteiger charge is -2.12. The van der Waals surface area contributed by atoms with Gasteiger partial charge in [-0.1, -0.05) is 30.3 Å². The Hall–Kier alpha value is -2.14. The molecule has 0 aliphatic heterocycles. The summed E-state index contributed by atoms with van der Waals surface area (Å²) in [7, 11) is 0. The number of hydrogen-bond donors (Lipinski definition) is 2. The van der Waals surface area contributed by atoms with E-state index in [9.17, 15) is 4.79 Å². The minimum absolute atomic E-state index is 0.0673. The van der Waals surface area contributed by atoms with Gasteiger partial charge in [0, 0.05) is 30.9 Å². The third-order valence-electron chi connectivity index (χ3n) is 4.55. The van der Waals surface area contributed by atoms with Gasteiger partial charge in [0.15, 0.2) is 0 Å². The zero-order valence-corrected chi connectivity index (χ0v) is 13.3. The average molecular weight is 312 g/mol. The second-order valence-corrected chi connectivity index (χ2v) is 6.26. The predicted octanol–water partition coefficient (Wildman–Crippen LogP) is 1.87. The van der Waals surface area contributed by atoms with E-state index in [1.165, 1.54) is 5.56 Å². The second kappa shape index (κ2) is 7.42. The fraction of sp³-hybridized carbons (Fsp3) is 0.444. The molecule has 1 aromatic heterocycles. The van der Waals surface area contributed by atoms with Crippen molar-refractivity contribution in [3.8, 4) is 0 Å². The van der Waals surface area contributed by atoms with E-state index in [2.05, 4.69) is 39.1 Å². The van der Waals surface area contributed by atoms with Crippen LogP contribution in [0.4, 0.5) is 0 Å². The molecule has 1 aromatic carbocycles. The van der Waals surface area contributed by atoms with Crippen molar-refractivity contribution in [2.24, 2.45) is 11.7 Å². The van der Waals surface area contributed by atoms with Crippen molar-refractivity contribution in [1.29, 1.82) is 0 Å². The summed E-state index contributed by atoms with van der Waals surface area (Å²) in [4.78, 5) is 16.5. The summed E-state index contributed by atoms with van der Waals surface area (Å²) in [6.07, 6.45) is 7.36. The van der Waals surface area contributed by atoms with E-state index in [4.69, 9.17) is 5.73 Å². The van der Waals surface area contributed by atoms with Crippen LogP contribution in [-0.2, 0) is 24.3 Å². The molecule has 0 spiro atoms. The molecule has 0 radical (unpaired) electrons. The topological polar surface area (TPSA) is 72.9 Å². The fourth-order valence-electron chi connectivity index (χ4n) is 3.17. The molecular weight excluding hydrogens is 288 g/mol. The third kappa shape index (κ3) is 4.20. The number of rotatable bonds is 6. The Bertz CT molecular complexity index is 637. The minimum atomic E-state index is 0.0673. The molecule has 5 nitrogen and oxygen atoms in total. The highest BCUT2D eigenvalue weighted by Gasteiger charge is 2.27. The van der Waals surface area contributed by atoms with Crippen molar-refractivity contribution in [1.82, 2.24) is 14.9 Å². The maximum atomic E-state index is 12.2. The molecule has 5 heteroatoms. The molecule has 1 aliphatic carbocycles. The summed E-state index contributed by atoms with van der Waals surface area (Å²) in [5.41, 5.74) is 7.18. The fourth-order valence-corrected chi connectivity index (χ4v) is 3.17. The average Bonchev–Trinajstić information content (AvgIpc) is 3.20. The van der Waals surface area contributed by atoms with E-state index in [1.807, 2.05) is 12.3 Å². The lowest BCUT2D eigenvalue weighted by atomic mass is 10.1. The van der Waals surface area contributed by atoms with Gasteiger partial charge in [-0.3, -0.25) is 4.79 Å². The van der Waals surface area contributed by atoms with E-state index in [0.29, 0.717) is 6.54 Å². The molecular formula is C18H24N4O. The van der Waals surface area contributed by atoms with Crippen LogP contribution < -0.4 is 11.1 Å². The SMILES string of the molecule is NC1CCC(C(=O)NCc2nccn2CCc2ccccc2)C1. The Kier molecular flexibility index (Phi) is 5.08. The molecule has 1 heterocycles. The number of nitrogens with zero attached hydrogens (tertiary/aromatic N) is 2. The van der Waals surface area contributed by atoms with Gasteiger partial charge < -0.3 is 15.6 Å². The quantitative estimate of drug-likeness (QED) is 0.855. The Morgan fingerprint density at radius 1 is 1.30 bits per heavy atom. The number of aromatic nitrogens is 2. The zero-order chi connectivity index (χ0) is 16.1. The molecule has 3 rings (SSSR count).